The van der Waals surface area contributed by atoms with Crippen molar-refractivity contribution < 1.29 is 38.6 Å². The summed E-state index contributed by atoms with van der Waals surface area (Å²) in [5.74, 6) is -1.78. The SMILES string of the molecule is C=CCO[C@H]1O[C@H](CNC(=O)[C@H](Cc2ccc(O)cc2)NC(C)=O)C=C[C@@H]1CC(=O)N[C@@H](Cc1ccccc1)C(=O)N[C@@H](CCSC)C(=O)NC. The van der Waals surface area contributed by atoms with Crippen molar-refractivity contribution in [3.05, 3.63) is 90.5 Å². The number of aromatic hydroxyl groups is 1. The number of ether oxygens (including phenoxy) is 2. The number of thioether (sulfide) groups is 1. The Labute approximate surface area is 303 Å². The molecule has 2 aromatic carbocycles. The van der Waals surface area contributed by atoms with Gasteiger partial charge in [0.05, 0.1) is 12.7 Å². The summed E-state index contributed by atoms with van der Waals surface area (Å²) in [5.41, 5.74) is 1.58. The number of phenols is 1. The number of carbonyl (C=O) groups is 5. The van der Waals surface area contributed by atoms with Gasteiger partial charge in [-0.1, -0.05) is 60.7 Å². The molecule has 51 heavy (non-hydrogen) atoms. The Morgan fingerprint density at radius 1 is 0.902 bits per heavy atom. The molecule has 0 bridgehead atoms. The van der Waals surface area contributed by atoms with Gasteiger partial charge in [-0.3, -0.25) is 24.0 Å². The minimum Gasteiger partial charge on any atom is -0.508 e. The Morgan fingerprint density at radius 3 is 2.20 bits per heavy atom. The molecule has 13 nitrogen and oxygen atoms in total. The van der Waals surface area contributed by atoms with Gasteiger partial charge in [0.25, 0.3) is 0 Å². The van der Waals surface area contributed by atoms with Crippen LogP contribution in [0.15, 0.2) is 79.4 Å². The van der Waals surface area contributed by atoms with E-state index in [1.54, 1.807) is 42.1 Å². The molecule has 0 saturated heterocycles. The predicted molar refractivity (Wildman–Crippen MR) is 196 cm³/mol. The van der Waals surface area contributed by atoms with Gasteiger partial charge in [-0.25, -0.2) is 0 Å². The van der Waals surface area contributed by atoms with Crippen LogP contribution < -0.4 is 26.6 Å². The van der Waals surface area contributed by atoms with Crippen molar-refractivity contribution in [1.29, 1.82) is 0 Å². The minimum absolute atomic E-state index is 0.0657. The maximum atomic E-state index is 13.5. The lowest BCUT2D eigenvalue weighted by atomic mass is 9.99. The molecular formula is C37H49N5O8S. The molecule has 6 atom stereocenters. The molecule has 0 unspecified atom stereocenters. The lowest BCUT2D eigenvalue weighted by Gasteiger charge is -2.32. The van der Waals surface area contributed by atoms with Crippen LogP contribution in [0.2, 0.25) is 0 Å². The summed E-state index contributed by atoms with van der Waals surface area (Å²) in [5, 5.41) is 23.3. The van der Waals surface area contributed by atoms with Crippen LogP contribution >= 0.6 is 11.8 Å². The molecule has 5 amide bonds. The fourth-order valence-electron chi connectivity index (χ4n) is 5.41. The first-order valence-electron chi connectivity index (χ1n) is 16.8. The van der Waals surface area contributed by atoms with Crippen molar-refractivity contribution in [3.63, 3.8) is 0 Å². The first-order valence-corrected chi connectivity index (χ1v) is 18.2. The van der Waals surface area contributed by atoms with E-state index in [-0.39, 0.29) is 50.0 Å². The number of hydrogen-bond acceptors (Lipinski definition) is 9. The average Bonchev–Trinajstić information content (AvgIpc) is 3.12. The van der Waals surface area contributed by atoms with E-state index in [1.165, 1.54) is 26.1 Å². The quantitative estimate of drug-likeness (QED) is 0.111. The molecule has 0 spiro atoms. The molecule has 2 aromatic rings. The summed E-state index contributed by atoms with van der Waals surface area (Å²) in [4.78, 5) is 64.4. The molecule has 1 aliphatic heterocycles. The second-order valence-corrected chi connectivity index (χ2v) is 13.0. The van der Waals surface area contributed by atoms with Crippen LogP contribution in [0.1, 0.15) is 30.9 Å². The number of rotatable bonds is 20. The van der Waals surface area contributed by atoms with E-state index >= 15 is 0 Å². The molecule has 0 aromatic heterocycles. The highest BCUT2D eigenvalue weighted by Gasteiger charge is 2.32. The van der Waals surface area contributed by atoms with E-state index in [4.69, 9.17) is 9.47 Å². The predicted octanol–water partition coefficient (Wildman–Crippen LogP) is 1.76. The van der Waals surface area contributed by atoms with E-state index in [0.717, 1.165) is 11.1 Å². The monoisotopic (exact) mass is 723 g/mol. The second kappa shape index (κ2) is 21.5. The number of carbonyl (C=O) groups excluding carboxylic acids is 5. The van der Waals surface area contributed by atoms with Gasteiger partial charge in [0.2, 0.25) is 29.5 Å². The average molecular weight is 724 g/mol. The van der Waals surface area contributed by atoms with Gasteiger partial charge >= 0.3 is 0 Å². The zero-order chi connectivity index (χ0) is 37.2. The molecule has 1 aliphatic rings. The number of benzene rings is 2. The number of hydrogen-bond donors (Lipinski definition) is 6. The zero-order valence-corrected chi connectivity index (χ0v) is 30.1. The van der Waals surface area contributed by atoms with E-state index in [9.17, 15) is 29.1 Å². The highest BCUT2D eigenvalue weighted by Crippen LogP contribution is 2.23. The maximum Gasteiger partial charge on any atom is 0.243 e. The lowest BCUT2D eigenvalue weighted by molar-refractivity contribution is -0.182. The minimum atomic E-state index is -0.955. The Morgan fingerprint density at radius 2 is 1.57 bits per heavy atom. The first kappa shape index (κ1) is 40.8. The van der Waals surface area contributed by atoms with Crippen LogP contribution in [0.4, 0.5) is 0 Å². The third-order valence-corrected chi connectivity index (χ3v) is 8.65. The smallest absolute Gasteiger partial charge is 0.243 e. The van der Waals surface area contributed by atoms with E-state index in [2.05, 4.69) is 33.2 Å². The molecule has 0 saturated carbocycles. The third kappa shape index (κ3) is 14.2. The van der Waals surface area contributed by atoms with E-state index < -0.39 is 54.2 Å². The van der Waals surface area contributed by atoms with Crippen LogP contribution in [0.5, 0.6) is 5.75 Å². The standard InChI is InChI=1S/C37H49N5O8S/c1-5-18-49-37-27(13-16-29(50-37)23-39-35(47)31(40-24(2)43)21-26-11-14-28(44)15-12-26)22-33(45)41-32(20-25-9-7-6-8-10-25)36(48)42-30(17-19-51-4)34(46)38-3/h5-16,27,29-32,37,44H,1,17-23H2,2-4H3,(H,38,46)(H,39,47)(H,40,43)(H,41,45)(H,42,48)/t27-,29+,30+,31+,32+,37+/m1/s1. The number of likely N-dealkylation sites (N-methyl/N-ethyl adjacent to an activating group) is 1. The van der Waals surface area contributed by atoms with Crippen molar-refractivity contribution >= 4 is 41.3 Å². The van der Waals surface area contributed by atoms with Crippen LogP contribution in [0.3, 0.4) is 0 Å². The van der Waals surface area contributed by atoms with Crippen molar-refractivity contribution in [1.82, 2.24) is 26.6 Å². The molecule has 14 heteroatoms. The van der Waals surface area contributed by atoms with Crippen molar-refractivity contribution in [2.45, 2.75) is 63.1 Å². The summed E-state index contributed by atoms with van der Waals surface area (Å²) in [6, 6.07) is 13.1. The topological polar surface area (TPSA) is 184 Å². The van der Waals surface area contributed by atoms with E-state index in [0.29, 0.717) is 12.2 Å². The Bertz CT molecular complexity index is 1490. The summed E-state index contributed by atoms with van der Waals surface area (Å²) in [6.07, 6.45) is 6.29. The molecule has 6 N–H and O–H groups in total. The van der Waals surface area contributed by atoms with Gasteiger partial charge in [-0.05, 0) is 41.7 Å². The molecule has 1 heterocycles. The van der Waals surface area contributed by atoms with Gasteiger partial charge in [0.1, 0.15) is 23.9 Å². The maximum absolute atomic E-state index is 13.5. The van der Waals surface area contributed by atoms with Crippen LogP contribution in [-0.4, -0.2) is 97.4 Å². The zero-order valence-electron chi connectivity index (χ0n) is 29.3. The Kier molecular flexibility index (Phi) is 17.2. The van der Waals surface area contributed by atoms with Gasteiger partial charge in [-0.15, -0.1) is 6.58 Å². The third-order valence-electron chi connectivity index (χ3n) is 8.00. The highest BCUT2D eigenvalue weighted by molar-refractivity contribution is 7.98. The molecule has 0 aliphatic carbocycles. The second-order valence-electron chi connectivity index (χ2n) is 12.1. The van der Waals surface area contributed by atoms with Crippen molar-refractivity contribution in [3.8, 4) is 5.75 Å². The van der Waals surface area contributed by atoms with Crippen LogP contribution in [-0.2, 0) is 46.3 Å². The summed E-state index contributed by atoms with van der Waals surface area (Å²) in [6.45, 7) is 5.23. The molecule has 3 rings (SSSR count). The van der Waals surface area contributed by atoms with Crippen LogP contribution in [0.25, 0.3) is 0 Å². The van der Waals surface area contributed by atoms with Crippen molar-refractivity contribution in [2.24, 2.45) is 5.92 Å². The summed E-state index contributed by atoms with van der Waals surface area (Å²) < 4.78 is 12.0. The molecule has 276 valence electrons. The first-order chi connectivity index (χ1) is 24.5. The normalized spacial score (nSPS) is 18.4. The summed E-state index contributed by atoms with van der Waals surface area (Å²) in [7, 11) is 1.51. The Balaban J connectivity index is 1.68. The number of phenolic OH excluding ortho intramolecular Hbond substituents is 1. The highest BCUT2D eigenvalue weighted by atomic mass is 32.2. The van der Waals surface area contributed by atoms with Crippen LogP contribution in [0, 0.1) is 5.92 Å². The largest absolute Gasteiger partial charge is 0.508 e. The van der Waals surface area contributed by atoms with E-state index in [1.807, 2.05) is 36.6 Å². The molecular weight excluding hydrogens is 675 g/mol. The molecule has 0 radical (unpaired) electrons. The molecule has 0 fully saturated rings. The number of amides is 5. The Hall–Kier alpha value is -4.66. The van der Waals surface area contributed by atoms with Crippen molar-refractivity contribution in [2.75, 3.05) is 32.2 Å². The van der Waals surface area contributed by atoms with Gasteiger partial charge in [0, 0.05) is 45.7 Å². The summed E-state index contributed by atoms with van der Waals surface area (Å²) >= 11 is 1.56. The fraction of sp³-hybridized carbons (Fsp3) is 0.432. The van der Waals surface area contributed by atoms with Gasteiger partial charge in [-0.2, -0.15) is 11.8 Å². The van der Waals surface area contributed by atoms with Gasteiger partial charge < -0.3 is 41.2 Å². The van der Waals surface area contributed by atoms with Gasteiger partial charge in [0.15, 0.2) is 6.29 Å². The number of nitrogens with one attached hydrogen (secondary N) is 5. The lowest BCUT2D eigenvalue weighted by Crippen LogP contribution is -2.54. The fourth-order valence-corrected chi connectivity index (χ4v) is 5.88.